The standard InChI is InChI=1S/C29H25F3N4O4/c1-28(2,26(37)38)39-24-13-7-19(8-14-24)15-16-36(18-21-5-11-23(12-6-21)29(30,31)32)27-34-25(40-35-27)22-9-3-20(17-33)4-10-22/h3-14H,15-16,18H2,1-2H3,(H,37,38). The fourth-order valence-electron chi connectivity index (χ4n) is 3.74. The van der Waals surface area contributed by atoms with Crippen LogP contribution in [0, 0.1) is 11.3 Å². The van der Waals surface area contributed by atoms with E-state index in [1.807, 2.05) is 18.2 Å². The van der Waals surface area contributed by atoms with Gasteiger partial charge in [-0.3, -0.25) is 0 Å². The number of carbonyl (C=O) groups is 1. The molecule has 0 aliphatic rings. The lowest BCUT2D eigenvalue weighted by Gasteiger charge is -2.22. The summed E-state index contributed by atoms with van der Waals surface area (Å²) in [7, 11) is 0. The van der Waals surface area contributed by atoms with Gasteiger partial charge in [0.05, 0.1) is 17.2 Å². The summed E-state index contributed by atoms with van der Waals surface area (Å²) in [4.78, 5) is 17.6. The molecule has 4 rings (SSSR count). The zero-order valence-electron chi connectivity index (χ0n) is 21.6. The highest BCUT2D eigenvalue weighted by Gasteiger charge is 2.30. The zero-order valence-corrected chi connectivity index (χ0v) is 21.6. The van der Waals surface area contributed by atoms with E-state index in [9.17, 15) is 23.1 Å². The van der Waals surface area contributed by atoms with E-state index in [2.05, 4.69) is 10.1 Å². The molecule has 8 nitrogen and oxygen atoms in total. The third-order valence-electron chi connectivity index (χ3n) is 6.10. The van der Waals surface area contributed by atoms with Crippen molar-refractivity contribution in [2.75, 3.05) is 11.4 Å². The Morgan fingerprint density at radius 1 is 1.00 bits per heavy atom. The Bertz CT molecular complexity index is 1490. The number of nitrogens with zero attached hydrogens (tertiary/aromatic N) is 4. The van der Waals surface area contributed by atoms with E-state index in [0.717, 1.165) is 17.7 Å². The van der Waals surface area contributed by atoms with E-state index in [4.69, 9.17) is 14.5 Å². The van der Waals surface area contributed by atoms with E-state index in [1.54, 1.807) is 41.3 Å². The van der Waals surface area contributed by atoms with Crippen molar-refractivity contribution in [2.45, 2.75) is 38.6 Å². The van der Waals surface area contributed by atoms with Gasteiger partial charge in [-0.1, -0.05) is 24.3 Å². The summed E-state index contributed by atoms with van der Waals surface area (Å²) in [6, 6.07) is 20.5. The number of nitriles is 1. The van der Waals surface area contributed by atoms with Crippen LogP contribution in [0.3, 0.4) is 0 Å². The SMILES string of the molecule is CC(C)(Oc1ccc(CCN(Cc2ccc(C(F)(F)F)cc2)c2noc(-c3ccc(C#N)cc3)n2)cc1)C(=O)O. The molecule has 0 fully saturated rings. The number of aliphatic carboxylic acids is 1. The van der Waals surface area contributed by atoms with Crippen LogP contribution in [0.4, 0.5) is 19.1 Å². The summed E-state index contributed by atoms with van der Waals surface area (Å²) in [6.45, 7) is 3.53. The predicted octanol–water partition coefficient (Wildman–Crippen LogP) is 6.12. The molecule has 0 atom stereocenters. The number of carboxylic acid groups (broad SMARTS) is 1. The Hall–Kier alpha value is -4.85. The molecule has 0 radical (unpaired) electrons. The van der Waals surface area contributed by atoms with Crippen molar-refractivity contribution in [1.29, 1.82) is 5.26 Å². The molecule has 206 valence electrons. The van der Waals surface area contributed by atoms with Crippen LogP contribution in [-0.2, 0) is 23.9 Å². The number of carboxylic acids is 1. The maximum Gasteiger partial charge on any atom is 0.416 e. The Morgan fingerprint density at radius 2 is 1.62 bits per heavy atom. The normalized spacial score (nSPS) is 11.6. The van der Waals surface area contributed by atoms with Crippen molar-refractivity contribution in [3.63, 3.8) is 0 Å². The third kappa shape index (κ3) is 6.96. The number of ether oxygens (including phenoxy) is 1. The summed E-state index contributed by atoms with van der Waals surface area (Å²) in [6.07, 6.45) is -3.92. The van der Waals surface area contributed by atoms with Crippen molar-refractivity contribution in [3.05, 3.63) is 95.1 Å². The number of anilines is 1. The molecule has 40 heavy (non-hydrogen) atoms. The molecule has 11 heteroatoms. The average molecular weight is 551 g/mol. The van der Waals surface area contributed by atoms with Crippen LogP contribution in [0.25, 0.3) is 11.5 Å². The highest BCUT2D eigenvalue weighted by Crippen LogP contribution is 2.30. The lowest BCUT2D eigenvalue weighted by Crippen LogP contribution is -2.37. The second-order valence-corrected chi connectivity index (χ2v) is 9.52. The lowest BCUT2D eigenvalue weighted by atomic mass is 10.1. The van der Waals surface area contributed by atoms with Crippen LogP contribution >= 0.6 is 0 Å². The van der Waals surface area contributed by atoms with Crippen LogP contribution < -0.4 is 9.64 Å². The third-order valence-corrected chi connectivity index (χ3v) is 6.10. The topological polar surface area (TPSA) is 112 Å². The monoisotopic (exact) mass is 550 g/mol. The van der Waals surface area contributed by atoms with Crippen molar-refractivity contribution < 1.29 is 32.3 Å². The van der Waals surface area contributed by atoms with Crippen LogP contribution in [0.2, 0.25) is 0 Å². The molecule has 1 N–H and O–H groups in total. The molecule has 0 aliphatic carbocycles. The molecule has 0 aliphatic heterocycles. The van der Waals surface area contributed by atoms with E-state index in [0.29, 0.717) is 35.4 Å². The van der Waals surface area contributed by atoms with Crippen molar-refractivity contribution in [3.8, 4) is 23.3 Å². The summed E-state index contributed by atoms with van der Waals surface area (Å²) >= 11 is 0. The quantitative estimate of drug-likeness (QED) is 0.251. The molecule has 3 aromatic carbocycles. The van der Waals surface area contributed by atoms with Gasteiger partial charge in [0.2, 0.25) is 0 Å². The van der Waals surface area contributed by atoms with Gasteiger partial charge < -0.3 is 19.3 Å². The van der Waals surface area contributed by atoms with E-state index >= 15 is 0 Å². The minimum absolute atomic E-state index is 0.221. The average Bonchev–Trinajstić information content (AvgIpc) is 3.42. The first-order chi connectivity index (χ1) is 18.9. The minimum atomic E-state index is -4.43. The first-order valence-electron chi connectivity index (χ1n) is 12.2. The van der Waals surface area contributed by atoms with Crippen molar-refractivity contribution in [1.82, 2.24) is 10.1 Å². The second kappa shape index (κ2) is 11.5. The van der Waals surface area contributed by atoms with Gasteiger partial charge in [0.15, 0.2) is 5.60 Å². The Balaban J connectivity index is 1.53. The minimum Gasteiger partial charge on any atom is -0.478 e. The molecular weight excluding hydrogens is 525 g/mol. The Kier molecular flexibility index (Phi) is 8.09. The summed E-state index contributed by atoms with van der Waals surface area (Å²) < 4.78 is 50.1. The summed E-state index contributed by atoms with van der Waals surface area (Å²) in [5.41, 5.74) is 0.512. The predicted molar refractivity (Wildman–Crippen MR) is 139 cm³/mol. The zero-order chi connectivity index (χ0) is 28.9. The van der Waals surface area contributed by atoms with Gasteiger partial charge in [-0.05, 0) is 85.1 Å². The molecule has 0 saturated heterocycles. The second-order valence-electron chi connectivity index (χ2n) is 9.52. The van der Waals surface area contributed by atoms with E-state index < -0.39 is 23.3 Å². The van der Waals surface area contributed by atoms with Crippen LogP contribution in [-0.4, -0.2) is 33.4 Å². The van der Waals surface area contributed by atoms with E-state index in [1.165, 1.54) is 26.0 Å². The maximum atomic E-state index is 13.0. The fourth-order valence-corrected chi connectivity index (χ4v) is 3.74. The molecule has 0 unspecified atom stereocenters. The molecule has 4 aromatic rings. The van der Waals surface area contributed by atoms with Gasteiger partial charge in [-0.15, -0.1) is 0 Å². The number of alkyl halides is 3. The van der Waals surface area contributed by atoms with Gasteiger partial charge in [0.1, 0.15) is 5.75 Å². The summed E-state index contributed by atoms with van der Waals surface area (Å²) in [5.74, 6) is -0.194. The van der Waals surface area contributed by atoms with Crippen molar-refractivity contribution in [2.24, 2.45) is 0 Å². The molecule has 1 heterocycles. The van der Waals surface area contributed by atoms with Gasteiger partial charge in [-0.2, -0.15) is 23.4 Å². The fraction of sp³-hybridized carbons (Fsp3) is 0.241. The van der Waals surface area contributed by atoms with Crippen LogP contribution in [0.15, 0.2) is 77.3 Å². The smallest absolute Gasteiger partial charge is 0.416 e. The van der Waals surface area contributed by atoms with Crippen molar-refractivity contribution >= 4 is 11.9 Å². The highest BCUT2D eigenvalue weighted by molar-refractivity contribution is 5.76. The molecule has 0 amide bonds. The van der Waals surface area contributed by atoms with Crippen LogP contribution in [0.5, 0.6) is 5.75 Å². The Morgan fingerprint density at radius 3 is 2.20 bits per heavy atom. The number of rotatable bonds is 10. The Labute approximate surface area is 228 Å². The first-order valence-corrected chi connectivity index (χ1v) is 12.2. The van der Waals surface area contributed by atoms with Gasteiger partial charge in [-0.25, -0.2) is 4.79 Å². The molecule has 1 aromatic heterocycles. The summed E-state index contributed by atoms with van der Waals surface area (Å²) in [5, 5.41) is 22.4. The largest absolute Gasteiger partial charge is 0.478 e. The lowest BCUT2D eigenvalue weighted by molar-refractivity contribution is -0.152. The molecular formula is C29H25F3N4O4. The number of hydrogen-bond donors (Lipinski definition) is 1. The van der Waals surface area contributed by atoms with Gasteiger partial charge in [0.25, 0.3) is 11.8 Å². The van der Waals surface area contributed by atoms with E-state index in [-0.39, 0.29) is 18.4 Å². The number of benzene rings is 3. The number of aromatic nitrogens is 2. The van der Waals surface area contributed by atoms with Crippen LogP contribution in [0.1, 0.15) is 36.1 Å². The molecule has 0 saturated carbocycles. The van der Waals surface area contributed by atoms with Gasteiger partial charge in [0, 0.05) is 18.7 Å². The first kappa shape index (κ1) is 28.2. The number of halogens is 3. The molecule has 0 spiro atoms. The number of hydrogen-bond acceptors (Lipinski definition) is 7. The molecule has 0 bridgehead atoms. The van der Waals surface area contributed by atoms with Gasteiger partial charge >= 0.3 is 12.1 Å². The highest BCUT2D eigenvalue weighted by atomic mass is 19.4. The maximum absolute atomic E-state index is 13.0.